The number of ether oxygens (including phenoxy) is 1. The fraction of sp³-hybridized carbons (Fsp3) is 0.438. The van der Waals surface area contributed by atoms with Gasteiger partial charge in [-0.05, 0) is 37.1 Å². The van der Waals surface area contributed by atoms with Crippen LogP contribution >= 0.6 is 0 Å². The summed E-state index contributed by atoms with van der Waals surface area (Å²) in [7, 11) is -1.33. The zero-order valence-electron chi connectivity index (χ0n) is 12.9. The lowest BCUT2D eigenvalue weighted by Gasteiger charge is -2.21. The van der Waals surface area contributed by atoms with Crippen LogP contribution in [-0.4, -0.2) is 50.4 Å². The maximum Gasteiger partial charge on any atom is 0.246 e. The molecule has 120 valence electrons. The number of hydrogen-bond acceptors (Lipinski definition) is 4. The van der Waals surface area contributed by atoms with Crippen molar-refractivity contribution in [1.29, 1.82) is 0 Å². The number of likely N-dealkylation sites (N-methyl/N-ethyl adjacent to an activating group) is 1. The van der Waals surface area contributed by atoms with Gasteiger partial charge in [-0.2, -0.15) is 0 Å². The minimum Gasteiger partial charge on any atom is -0.494 e. The summed E-state index contributed by atoms with van der Waals surface area (Å²) in [6.45, 7) is 2.54. The third-order valence-electron chi connectivity index (χ3n) is 3.71. The Labute approximate surface area is 131 Å². The first-order chi connectivity index (χ1) is 10.4. The largest absolute Gasteiger partial charge is 0.494 e. The van der Waals surface area contributed by atoms with E-state index in [0.29, 0.717) is 13.0 Å². The SMILES string of the molecule is CCOc1ccc(/C=C/C(=O)N(C)C2CCS(=O)(=O)C2)cc1. The van der Waals surface area contributed by atoms with Gasteiger partial charge in [0.2, 0.25) is 5.91 Å². The average molecular weight is 323 g/mol. The first-order valence-electron chi connectivity index (χ1n) is 7.29. The highest BCUT2D eigenvalue weighted by Gasteiger charge is 2.31. The Bertz CT molecular complexity index is 649. The monoisotopic (exact) mass is 323 g/mol. The van der Waals surface area contributed by atoms with Crippen molar-refractivity contribution < 1.29 is 17.9 Å². The number of rotatable bonds is 5. The summed E-state index contributed by atoms with van der Waals surface area (Å²) in [5.74, 6) is 0.833. The number of benzene rings is 1. The maximum absolute atomic E-state index is 12.1. The molecule has 5 nitrogen and oxygen atoms in total. The minimum atomic E-state index is -2.98. The van der Waals surface area contributed by atoms with Crippen LogP contribution in [0.5, 0.6) is 5.75 Å². The van der Waals surface area contributed by atoms with Crippen LogP contribution in [0.3, 0.4) is 0 Å². The van der Waals surface area contributed by atoms with Gasteiger partial charge in [-0.1, -0.05) is 12.1 Å². The van der Waals surface area contributed by atoms with Crippen molar-refractivity contribution in [3.8, 4) is 5.75 Å². The predicted molar refractivity (Wildman–Crippen MR) is 86.5 cm³/mol. The molecule has 2 rings (SSSR count). The molecule has 1 atom stereocenters. The van der Waals surface area contributed by atoms with Crippen LogP contribution < -0.4 is 4.74 Å². The Morgan fingerprint density at radius 3 is 2.59 bits per heavy atom. The lowest BCUT2D eigenvalue weighted by molar-refractivity contribution is -0.126. The van der Waals surface area contributed by atoms with Gasteiger partial charge in [0.25, 0.3) is 0 Å². The number of carbonyl (C=O) groups excluding carboxylic acids is 1. The van der Waals surface area contributed by atoms with Crippen LogP contribution in [0.25, 0.3) is 6.08 Å². The first-order valence-corrected chi connectivity index (χ1v) is 9.11. The van der Waals surface area contributed by atoms with Crippen LogP contribution in [0, 0.1) is 0 Å². The van der Waals surface area contributed by atoms with Crippen molar-refractivity contribution >= 4 is 21.8 Å². The van der Waals surface area contributed by atoms with E-state index in [1.54, 1.807) is 13.1 Å². The summed E-state index contributed by atoms with van der Waals surface area (Å²) in [6, 6.07) is 7.22. The maximum atomic E-state index is 12.1. The molecule has 1 fully saturated rings. The third kappa shape index (κ3) is 4.34. The zero-order chi connectivity index (χ0) is 16.2. The van der Waals surface area contributed by atoms with Gasteiger partial charge in [-0.25, -0.2) is 8.42 Å². The molecule has 0 aromatic heterocycles. The highest BCUT2D eigenvalue weighted by atomic mass is 32.2. The highest BCUT2D eigenvalue weighted by Crippen LogP contribution is 2.17. The van der Waals surface area contributed by atoms with Crippen LogP contribution in [-0.2, 0) is 14.6 Å². The van der Waals surface area contributed by atoms with Crippen LogP contribution in [0.1, 0.15) is 18.9 Å². The molecule has 1 aliphatic rings. The lowest BCUT2D eigenvalue weighted by Crippen LogP contribution is -2.36. The Morgan fingerprint density at radius 2 is 2.05 bits per heavy atom. The van der Waals surface area contributed by atoms with Crippen molar-refractivity contribution in [2.75, 3.05) is 25.2 Å². The van der Waals surface area contributed by atoms with Gasteiger partial charge in [0.15, 0.2) is 9.84 Å². The Balaban J connectivity index is 1.96. The molecule has 1 saturated heterocycles. The van der Waals surface area contributed by atoms with E-state index in [0.717, 1.165) is 11.3 Å². The smallest absolute Gasteiger partial charge is 0.246 e. The van der Waals surface area contributed by atoms with Gasteiger partial charge >= 0.3 is 0 Å². The lowest BCUT2D eigenvalue weighted by atomic mass is 10.2. The summed E-state index contributed by atoms with van der Waals surface area (Å²) in [6.07, 6.45) is 3.71. The quantitative estimate of drug-likeness (QED) is 0.774. The summed E-state index contributed by atoms with van der Waals surface area (Å²) in [4.78, 5) is 13.6. The van der Waals surface area contributed by atoms with E-state index in [1.807, 2.05) is 31.2 Å². The number of amides is 1. The molecular formula is C16H21NO4S. The first kappa shape index (κ1) is 16.5. The molecule has 1 heterocycles. The van der Waals surface area contributed by atoms with E-state index in [4.69, 9.17) is 4.74 Å². The normalized spacial score (nSPS) is 20.2. The van der Waals surface area contributed by atoms with Gasteiger partial charge in [-0.3, -0.25) is 4.79 Å². The topological polar surface area (TPSA) is 63.7 Å². The van der Waals surface area contributed by atoms with Gasteiger partial charge in [0.05, 0.1) is 18.1 Å². The van der Waals surface area contributed by atoms with E-state index in [-0.39, 0.29) is 23.5 Å². The molecule has 1 aromatic carbocycles. The van der Waals surface area contributed by atoms with Gasteiger partial charge < -0.3 is 9.64 Å². The number of carbonyl (C=O) groups is 1. The molecule has 1 aliphatic heterocycles. The van der Waals surface area contributed by atoms with Crippen molar-refractivity contribution in [2.24, 2.45) is 0 Å². The van der Waals surface area contributed by atoms with Crippen molar-refractivity contribution in [3.05, 3.63) is 35.9 Å². The average Bonchev–Trinajstić information content (AvgIpc) is 2.86. The molecule has 1 amide bonds. The molecule has 6 heteroatoms. The number of hydrogen-bond donors (Lipinski definition) is 0. The third-order valence-corrected chi connectivity index (χ3v) is 5.46. The van der Waals surface area contributed by atoms with E-state index in [1.165, 1.54) is 11.0 Å². The molecule has 0 saturated carbocycles. The molecule has 0 radical (unpaired) electrons. The molecule has 1 unspecified atom stereocenters. The van der Waals surface area contributed by atoms with E-state index >= 15 is 0 Å². The fourth-order valence-corrected chi connectivity index (χ4v) is 4.16. The molecule has 0 spiro atoms. The fourth-order valence-electron chi connectivity index (χ4n) is 2.39. The van der Waals surface area contributed by atoms with E-state index in [9.17, 15) is 13.2 Å². The number of nitrogens with zero attached hydrogens (tertiary/aromatic N) is 1. The highest BCUT2D eigenvalue weighted by molar-refractivity contribution is 7.91. The zero-order valence-corrected chi connectivity index (χ0v) is 13.7. The van der Waals surface area contributed by atoms with Gasteiger partial charge in [-0.15, -0.1) is 0 Å². The molecule has 0 N–H and O–H groups in total. The second kappa shape index (κ2) is 6.96. The molecule has 1 aromatic rings. The van der Waals surface area contributed by atoms with Crippen LogP contribution in [0.2, 0.25) is 0 Å². The number of sulfone groups is 1. The second-order valence-electron chi connectivity index (χ2n) is 5.34. The summed E-state index contributed by atoms with van der Waals surface area (Å²) in [5.41, 5.74) is 0.893. The van der Waals surface area contributed by atoms with Crippen LogP contribution in [0.4, 0.5) is 0 Å². The minimum absolute atomic E-state index is 0.0616. The van der Waals surface area contributed by atoms with E-state index < -0.39 is 9.84 Å². The standard InChI is InChI=1S/C16H21NO4S/c1-3-21-15-7-4-13(5-8-15)6-9-16(18)17(2)14-10-11-22(19,20)12-14/h4-9,14H,3,10-12H2,1-2H3/b9-6+. The molecule has 0 bridgehead atoms. The Hall–Kier alpha value is -1.82. The van der Waals surface area contributed by atoms with Crippen molar-refractivity contribution in [3.63, 3.8) is 0 Å². The predicted octanol–water partition coefficient (Wildman–Crippen LogP) is 1.74. The second-order valence-corrected chi connectivity index (χ2v) is 7.57. The molecule has 22 heavy (non-hydrogen) atoms. The van der Waals surface area contributed by atoms with E-state index in [2.05, 4.69) is 0 Å². The van der Waals surface area contributed by atoms with Gasteiger partial charge in [0.1, 0.15) is 5.75 Å². The molecular weight excluding hydrogens is 302 g/mol. The van der Waals surface area contributed by atoms with Crippen LogP contribution in [0.15, 0.2) is 30.3 Å². The van der Waals surface area contributed by atoms with Crippen molar-refractivity contribution in [1.82, 2.24) is 4.90 Å². The van der Waals surface area contributed by atoms with Gasteiger partial charge in [0, 0.05) is 19.2 Å². The Kier molecular flexibility index (Phi) is 5.24. The Morgan fingerprint density at radius 1 is 1.36 bits per heavy atom. The summed E-state index contributed by atoms with van der Waals surface area (Å²) >= 11 is 0. The molecule has 0 aliphatic carbocycles. The summed E-state index contributed by atoms with van der Waals surface area (Å²) in [5, 5.41) is 0. The van der Waals surface area contributed by atoms with Crippen molar-refractivity contribution in [2.45, 2.75) is 19.4 Å². The summed E-state index contributed by atoms with van der Waals surface area (Å²) < 4.78 is 28.3.